The van der Waals surface area contributed by atoms with Crippen molar-refractivity contribution >= 4 is 5.97 Å². The van der Waals surface area contributed by atoms with Crippen molar-refractivity contribution in [3.8, 4) is 0 Å². The van der Waals surface area contributed by atoms with Gasteiger partial charge in [-0.2, -0.15) is 0 Å². The Hall–Kier alpha value is -2.20. The van der Waals surface area contributed by atoms with E-state index in [2.05, 4.69) is 9.72 Å². The number of pyridine rings is 1. The zero-order valence-electron chi connectivity index (χ0n) is 12.0. The summed E-state index contributed by atoms with van der Waals surface area (Å²) < 4.78 is 4.61. The molecule has 0 bridgehead atoms. The number of hydrogen-bond acceptors (Lipinski definition) is 4. The first-order valence-electron chi connectivity index (χ1n) is 6.95. The molecule has 21 heavy (non-hydrogen) atoms. The minimum Gasteiger partial charge on any atom is -0.469 e. The SMILES string of the molecule is COC(=O)CCCc1ccc(C(O)c2ccccn2)cc1. The van der Waals surface area contributed by atoms with Gasteiger partial charge in [0.05, 0.1) is 12.8 Å². The van der Waals surface area contributed by atoms with Gasteiger partial charge in [-0.1, -0.05) is 30.3 Å². The molecule has 4 heteroatoms. The number of carbonyl (C=O) groups is 1. The number of aliphatic hydroxyl groups excluding tert-OH is 1. The van der Waals surface area contributed by atoms with Gasteiger partial charge in [0, 0.05) is 12.6 Å². The Labute approximate surface area is 124 Å². The quantitative estimate of drug-likeness (QED) is 0.829. The standard InChI is InChI=1S/C17H19NO3/c1-21-16(19)7-4-5-13-8-10-14(11-9-13)17(20)15-6-2-3-12-18-15/h2-3,6,8-12,17,20H,4-5,7H2,1H3. The molecule has 0 radical (unpaired) electrons. The fraction of sp³-hybridized carbons (Fsp3) is 0.294. The highest BCUT2D eigenvalue weighted by molar-refractivity contribution is 5.69. The normalized spacial score (nSPS) is 11.9. The molecule has 1 heterocycles. The lowest BCUT2D eigenvalue weighted by Crippen LogP contribution is -2.02. The molecule has 0 aliphatic rings. The van der Waals surface area contributed by atoms with E-state index < -0.39 is 6.10 Å². The summed E-state index contributed by atoms with van der Waals surface area (Å²) >= 11 is 0. The lowest BCUT2D eigenvalue weighted by atomic mass is 10.0. The van der Waals surface area contributed by atoms with E-state index in [1.165, 1.54) is 7.11 Å². The average Bonchev–Trinajstić information content (AvgIpc) is 2.55. The van der Waals surface area contributed by atoms with Gasteiger partial charge in [-0.25, -0.2) is 0 Å². The van der Waals surface area contributed by atoms with Gasteiger partial charge < -0.3 is 9.84 Å². The number of aryl methyl sites for hydroxylation is 1. The monoisotopic (exact) mass is 285 g/mol. The number of esters is 1. The first-order valence-corrected chi connectivity index (χ1v) is 6.95. The smallest absolute Gasteiger partial charge is 0.305 e. The van der Waals surface area contributed by atoms with Crippen LogP contribution in [0.5, 0.6) is 0 Å². The third kappa shape index (κ3) is 4.39. The van der Waals surface area contributed by atoms with Crippen LogP contribution in [0.3, 0.4) is 0 Å². The average molecular weight is 285 g/mol. The second kappa shape index (κ2) is 7.55. The van der Waals surface area contributed by atoms with Crippen LogP contribution in [-0.4, -0.2) is 23.2 Å². The van der Waals surface area contributed by atoms with Crippen LogP contribution in [0, 0.1) is 0 Å². The molecule has 0 aliphatic heterocycles. The Balaban J connectivity index is 1.94. The molecule has 1 aromatic heterocycles. The Morgan fingerprint density at radius 1 is 1.24 bits per heavy atom. The van der Waals surface area contributed by atoms with Gasteiger partial charge in [-0.15, -0.1) is 0 Å². The van der Waals surface area contributed by atoms with Crippen molar-refractivity contribution in [2.24, 2.45) is 0 Å². The van der Waals surface area contributed by atoms with Gasteiger partial charge >= 0.3 is 5.97 Å². The number of benzene rings is 1. The van der Waals surface area contributed by atoms with Crippen molar-refractivity contribution in [3.05, 3.63) is 65.5 Å². The van der Waals surface area contributed by atoms with Gasteiger partial charge in [0.25, 0.3) is 0 Å². The van der Waals surface area contributed by atoms with Gasteiger partial charge in [-0.3, -0.25) is 9.78 Å². The van der Waals surface area contributed by atoms with E-state index in [0.717, 1.165) is 24.0 Å². The number of carbonyl (C=O) groups excluding carboxylic acids is 1. The summed E-state index contributed by atoms with van der Waals surface area (Å²) in [5, 5.41) is 10.2. The van der Waals surface area contributed by atoms with Crippen LogP contribution < -0.4 is 0 Å². The van der Waals surface area contributed by atoms with E-state index in [1.54, 1.807) is 12.3 Å². The molecule has 0 amide bonds. The van der Waals surface area contributed by atoms with Crippen molar-refractivity contribution in [1.29, 1.82) is 0 Å². The fourth-order valence-electron chi connectivity index (χ4n) is 2.11. The Morgan fingerprint density at radius 3 is 2.62 bits per heavy atom. The topological polar surface area (TPSA) is 59.4 Å². The maximum absolute atomic E-state index is 11.0. The molecular weight excluding hydrogens is 266 g/mol. The second-order valence-corrected chi connectivity index (χ2v) is 4.83. The van der Waals surface area contributed by atoms with Crippen molar-refractivity contribution in [3.63, 3.8) is 0 Å². The lowest BCUT2D eigenvalue weighted by molar-refractivity contribution is -0.140. The molecular formula is C17H19NO3. The number of hydrogen-bond donors (Lipinski definition) is 1. The van der Waals surface area contributed by atoms with Crippen LogP contribution in [0.25, 0.3) is 0 Å². The molecule has 1 aromatic carbocycles. The molecule has 2 rings (SSSR count). The number of ether oxygens (including phenoxy) is 1. The highest BCUT2D eigenvalue weighted by atomic mass is 16.5. The summed E-state index contributed by atoms with van der Waals surface area (Å²) in [5.74, 6) is -0.183. The zero-order chi connectivity index (χ0) is 15.1. The zero-order valence-corrected chi connectivity index (χ0v) is 12.0. The van der Waals surface area contributed by atoms with E-state index in [0.29, 0.717) is 12.1 Å². The molecule has 0 saturated carbocycles. The Kier molecular flexibility index (Phi) is 5.46. The number of aromatic nitrogens is 1. The van der Waals surface area contributed by atoms with Gasteiger partial charge in [0.1, 0.15) is 6.10 Å². The molecule has 2 aromatic rings. The van der Waals surface area contributed by atoms with E-state index >= 15 is 0 Å². The van der Waals surface area contributed by atoms with E-state index in [9.17, 15) is 9.90 Å². The fourth-order valence-corrected chi connectivity index (χ4v) is 2.11. The Morgan fingerprint density at radius 2 is 2.00 bits per heavy atom. The maximum Gasteiger partial charge on any atom is 0.305 e. The largest absolute Gasteiger partial charge is 0.469 e. The summed E-state index contributed by atoms with van der Waals surface area (Å²) in [5.41, 5.74) is 2.58. The van der Waals surface area contributed by atoms with Crippen LogP contribution in [0.15, 0.2) is 48.7 Å². The molecule has 1 unspecified atom stereocenters. The first-order chi connectivity index (χ1) is 10.2. The summed E-state index contributed by atoms with van der Waals surface area (Å²) in [4.78, 5) is 15.2. The minimum absolute atomic E-state index is 0.183. The molecule has 1 atom stereocenters. The number of rotatable bonds is 6. The molecule has 0 saturated heterocycles. The predicted octanol–water partition coefficient (Wildman–Crippen LogP) is 2.66. The number of aliphatic hydroxyl groups is 1. The van der Waals surface area contributed by atoms with Gasteiger partial charge in [0.15, 0.2) is 0 Å². The first kappa shape index (κ1) is 15.2. The van der Waals surface area contributed by atoms with Crippen LogP contribution >= 0.6 is 0 Å². The van der Waals surface area contributed by atoms with Gasteiger partial charge in [0.2, 0.25) is 0 Å². The molecule has 0 fully saturated rings. The lowest BCUT2D eigenvalue weighted by Gasteiger charge is -2.11. The summed E-state index contributed by atoms with van der Waals surface area (Å²) in [7, 11) is 1.40. The Bertz CT molecular complexity index is 566. The van der Waals surface area contributed by atoms with Gasteiger partial charge in [-0.05, 0) is 36.1 Å². The third-order valence-corrected chi connectivity index (χ3v) is 3.34. The van der Waals surface area contributed by atoms with Crippen LogP contribution in [0.4, 0.5) is 0 Å². The summed E-state index contributed by atoms with van der Waals surface area (Å²) in [6, 6.07) is 13.2. The molecule has 0 spiro atoms. The highest BCUT2D eigenvalue weighted by Gasteiger charge is 2.11. The predicted molar refractivity (Wildman–Crippen MR) is 79.7 cm³/mol. The second-order valence-electron chi connectivity index (χ2n) is 4.83. The number of nitrogens with zero attached hydrogens (tertiary/aromatic N) is 1. The number of methoxy groups -OCH3 is 1. The molecule has 4 nitrogen and oxygen atoms in total. The maximum atomic E-state index is 11.0. The minimum atomic E-state index is -0.713. The van der Waals surface area contributed by atoms with Crippen molar-refractivity contribution in [2.75, 3.05) is 7.11 Å². The summed E-state index contributed by atoms with van der Waals surface area (Å²) in [6.45, 7) is 0. The molecule has 110 valence electrons. The summed E-state index contributed by atoms with van der Waals surface area (Å²) in [6.07, 6.45) is 2.95. The van der Waals surface area contributed by atoms with Crippen molar-refractivity contribution in [2.45, 2.75) is 25.4 Å². The van der Waals surface area contributed by atoms with E-state index in [-0.39, 0.29) is 5.97 Å². The van der Waals surface area contributed by atoms with E-state index in [1.807, 2.05) is 36.4 Å². The van der Waals surface area contributed by atoms with Crippen molar-refractivity contribution in [1.82, 2.24) is 4.98 Å². The van der Waals surface area contributed by atoms with Crippen molar-refractivity contribution < 1.29 is 14.6 Å². The van der Waals surface area contributed by atoms with E-state index in [4.69, 9.17) is 0 Å². The highest BCUT2D eigenvalue weighted by Crippen LogP contribution is 2.20. The molecule has 1 N–H and O–H groups in total. The third-order valence-electron chi connectivity index (χ3n) is 3.34. The van der Waals surface area contributed by atoms with Crippen LogP contribution in [-0.2, 0) is 16.0 Å². The molecule has 0 aliphatic carbocycles. The van der Waals surface area contributed by atoms with Crippen LogP contribution in [0.1, 0.15) is 35.8 Å². The van der Waals surface area contributed by atoms with Crippen LogP contribution in [0.2, 0.25) is 0 Å².